The molecule has 0 bridgehead atoms. The first-order valence-corrected chi connectivity index (χ1v) is 9.87. The molecule has 2 aromatic rings. The van der Waals surface area contributed by atoms with E-state index in [2.05, 4.69) is 15.2 Å². The van der Waals surface area contributed by atoms with Crippen LogP contribution in [0.25, 0.3) is 0 Å². The molecule has 3 N–H and O–H groups in total. The summed E-state index contributed by atoms with van der Waals surface area (Å²) in [6.45, 7) is 1.70. The number of ether oxygens (including phenoxy) is 2. The summed E-state index contributed by atoms with van der Waals surface area (Å²) in [5, 5.41) is 22.4. The van der Waals surface area contributed by atoms with Crippen LogP contribution in [0.5, 0.6) is 0 Å². The van der Waals surface area contributed by atoms with E-state index in [1.165, 1.54) is 0 Å². The number of nitrogens with one attached hydrogen (secondary N) is 1. The van der Waals surface area contributed by atoms with Crippen molar-refractivity contribution in [3.8, 4) is 0 Å². The average molecular weight is 437 g/mol. The molecule has 9 heteroatoms. The van der Waals surface area contributed by atoms with Crippen LogP contribution in [-0.4, -0.2) is 58.4 Å². The van der Waals surface area contributed by atoms with Gasteiger partial charge in [0.2, 0.25) is 0 Å². The molecular formula is C21H29ClN4O4. The highest BCUT2D eigenvalue weighted by Gasteiger charge is 2.38. The lowest BCUT2D eigenvalue weighted by Crippen LogP contribution is -2.58. The predicted octanol–water partition coefficient (Wildman–Crippen LogP) is 2.11. The maximum atomic E-state index is 9.59. The summed E-state index contributed by atoms with van der Waals surface area (Å²) in [7, 11) is 1.64. The Morgan fingerprint density at radius 1 is 1.17 bits per heavy atom. The fourth-order valence-electron chi connectivity index (χ4n) is 4.10. The average Bonchev–Trinajstić information content (AvgIpc) is 3.10. The van der Waals surface area contributed by atoms with Crippen molar-refractivity contribution in [1.82, 2.24) is 9.47 Å². The molecule has 2 aliphatic heterocycles. The molecule has 0 amide bonds. The predicted molar refractivity (Wildman–Crippen MR) is 117 cm³/mol. The lowest BCUT2D eigenvalue weighted by Gasteiger charge is -2.47. The van der Waals surface area contributed by atoms with Crippen molar-refractivity contribution in [3.63, 3.8) is 0 Å². The van der Waals surface area contributed by atoms with Gasteiger partial charge >= 0.3 is 0 Å². The van der Waals surface area contributed by atoms with Gasteiger partial charge < -0.3 is 29.6 Å². The van der Waals surface area contributed by atoms with Crippen molar-refractivity contribution in [2.45, 2.75) is 44.6 Å². The van der Waals surface area contributed by atoms with Gasteiger partial charge in [0, 0.05) is 37.5 Å². The Morgan fingerprint density at radius 3 is 2.57 bits per heavy atom. The van der Waals surface area contributed by atoms with Gasteiger partial charge in [-0.05, 0) is 12.0 Å². The van der Waals surface area contributed by atoms with Crippen LogP contribution < -0.4 is 5.32 Å². The number of hydrogen-bond donors (Lipinski definition) is 3. The number of aromatic nitrogens is 1. The number of likely N-dealkylation sites (tertiary alicyclic amines) is 1. The Hall–Kier alpha value is -1.94. The van der Waals surface area contributed by atoms with Crippen molar-refractivity contribution in [2.75, 3.05) is 25.6 Å². The van der Waals surface area contributed by atoms with Crippen LogP contribution >= 0.6 is 12.4 Å². The second-order valence-electron chi connectivity index (χ2n) is 7.44. The van der Waals surface area contributed by atoms with E-state index in [9.17, 15) is 10.2 Å². The Balaban J connectivity index is 0.00000256. The third kappa shape index (κ3) is 4.54. The van der Waals surface area contributed by atoms with Gasteiger partial charge in [-0.1, -0.05) is 30.3 Å². The Bertz CT molecular complexity index is 835. The Morgan fingerprint density at radius 2 is 1.90 bits per heavy atom. The first-order valence-electron chi connectivity index (χ1n) is 9.87. The van der Waals surface area contributed by atoms with E-state index in [1.807, 2.05) is 41.1 Å². The number of rotatable bonds is 9. The number of halogens is 1. The van der Waals surface area contributed by atoms with E-state index in [-0.39, 0.29) is 37.7 Å². The number of nitrogens with zero attached hydrogens (tertiary/aromatic N) is 3. The van der Waals surface area contributed by atoms with Gasteiger partial charge in [0.25, 0.3) is 0 Å². The molecule has 3 heterocycles. The second-order valence-corrected chi connectivity index (χ2v) is 7.44. The highest BCUT2D eigenvalue weighted by molar-refractivity contribution is 5.85. The zero-order valence-corrected chi connectivity index (χ0v) is 17.8. The number of aliphatic hydroxyl groups is 2. The molecule has 30 heavy (non-hydrogen) atoms. The van der Waals surface area contributed by atoms with E-state index in [0.717, 1.165) is 28.9 Å². The largest absolute Gasteiger partial charge is 0.395 e. The van der Waals surface area contributed by atoms with Crippen LogP contribution in [0.2, 0.25) is 0 Å². The van der Waals surface area contributed by atoms with Crippen molar-refractivity contribution in [1.29, 1.82) is 0 Å². The molecule has 3 atom stereocenters. The van der Waals surface area contributed by atoms with Crippen LogP contribution in [0, 0.1) is 0 Å². The van der Waals surface area contributed by atoms with E-state index in [0.29, 0.717) is 19.9 Å². The first kappa shape index (κ1) is 22.7. The zero-order chi connectivity index (χ0) is 20.2. The van der Waals surface area contributed by atoms with Gasteiger partial charge in [0.15, 0.2) is 6.23 Å². The van der Waals surface area contributed by atoms with E-state index < -0.39 is 6.23 Å². The number of hydrogen-bond acceptors (Lipinski definition) is 7. The van der Waals surface area contributed by atoms with Crippen molar-refractivity contribution < 1.29 is 19.7 Å². The third-order valence-corrected chi connectivity index (χ3v) is 5.67. The number of aliphatic imine (C=N–C) groups is 1. The maximum Gasteiger partial charge on any atom is 0.192 e. The smallest absolute Gasteiger partial charge is 0.192 e. The van der Waals surface area contributed by atoms with Gasteiger partial charge in [0.1, 0.15) is 6.73 Å². The maximum absolute atomic E-state index is 9.59. The number of aliphatic hydroxyl groups excluding tert-OH is 2. The molecule has 4 rings (SSSR count). The molecule has 0 spiro atoms. The fraction of sp³-hybridized carbons (Fsp3) is 0.476. The standard InChI is InChI=1S/C21H28N4O4.ClH/c1-28-21-20-19(22-13-23-21)16(9-25-17(10-26)7-18(25)11-27)8-24(20)14-29-12-15-5-3-2-4-6-15;/h2-6,8,13,17-18,21,26-27H,7,9-12,14H2,1H3,(H,22,23);1H/t17-,18+,21?;. The van der Waals surface area contributed by atoms with Crippen molar-refractivity contribution in [3.05, 3.63) is 53.3 Å². The minimum atomic E-state index is -0.404. The minimum Gasteiger partial charge on any atom is -0.395 e. The van der Waals surface area contributed by atoms with Gasteiger partial charge in [-0.15, -0.1) is 12.4 Å². The summed E-state index contributed by atoms with van der Waals surface area (Å²) in [4.78, 5) is 6.52. The molecule has 0 saturated carbocycles. The highest BCUT2D eigenvalue weighted by atomic mass is 35.5. The summed E-state index contributed by atoms with van der Waals surface area (Å²) >= 11 is 0. The highest BCUT2D eigenvalue weighted by Crippen LogP contribution is 2.37. The van der Waals surface area contributed by atoms with Crippen LogP contribution in [0.1, 0.15) is 29.5 Å². The van der Waals surface area contributed by atoms with Crippen LogP contribution in [-0.2, 0) is 29.4 Å². The van der Waals surface area contributed by atoms with E-state index in [1.54, 1.807) is 13.4 Å². The van der Waals surface area contributed by atoms with Gasteiger partial charge in [-0.25, -0.2) is 4.99 Å². The third-order valence-electron chi connectivity index (χ3n) is 5.67. The monoisotopic (exact) mass is 436 g/mol. The SMILES string of the molecule is COC1N=CNc2c(CN3[C@H](CO)C[C@@H]3CO)cn(COCc3ccccc3)c21.Cl. The van der Waals surface area contributed by atoms with E-state index in [4.69, 9.17) is 9.47 Å². The summed E-state index contributed by atoms with van der Waals surface area (Å²) < 4.78 is 13.5. The van der Waals surface area contributed by atoms with E-state index >= 15 is 0 Å². The molecule has 8 nitrogen and oxygen atoms in total. The Labute approximate surface area is 182 Å². The quantitative estimate of drug-likeness (QED) is 0.557. The number of fused-ring (bicyclic) bond motifs is 1. The molecule has 1 aromatic carbocycles. The number of methoxy groups -OCH3 is 1. The summed E-state index contributed by atoms with van der Waals surface area (Å²) in [6, 6.07) is 10.2. The zero-order valence-electron chi connectivity index (χ0n) is 17.0. The number of benzene rings is 1. The molecule has 1 aromatic heterocycles. The lowest BCUT2D eigenvalue weighted by molar-refractivity contribution is -0.0474. The summed E-state index contributed by atoms with van der Waals surface area (Å²) in [5.74, 6) is 0. The molecule has 1 fully saturated rings. The molecule has 0 radical (unpaired) electrons. The second kappa shape index (κ2) is 10.4. The Kier molecular flexibility index (Phi) is 7.87. The molecular weight excluding hydrogens is 408 g/mol. The molecule has 2 aliphatic rings. The lowest BCUT2D eigenvalue weighted by atomic mass is 9.93. The van der Waals surface area contributed by atoms with Crippen LogP contribution in [0.4, 0.5) is 5.69 Å². The van der Waals surface area contributed by atoms with Crippen molar-refractivity contribution in [2.24, 2.45) is 4.99 Å². The van der Waals surface area contributed by atoms with Gasteiger partial charge in [-0.3, -0.25) is 4.90 Å². The van der Waals surface area contributed by atoms with Crippen LogP contribution in [0.15, 0.2) is 41.5 Å². The molecule has 0 aliphatic carbocycles. The molecule has 164 valence electrons. The molecule has 1 saturated heterocycles. The molecule has 1 unspecified atom stereocenters. The minimum absolute atomic E-state index is 0. The summed E-state index contributed by atoms with van der Waals surface area (Å²) in [5.41, 5.74) is 4.05. The van der Waals surface area contributed by atoms with Crippen LogP contribution in [0.3, 0.4) is 0 Å². The van der Waals surface area contributed by atoms with Crippen molar-refractivity contribution >= 4 is 24.4 Å². The normalized spacial score (nSPS) is 22.7. The fourth-order valence-corrected chi connectivity index (χ4v) is 4.10. The summed E-state index contributed by atoms with van der Waals surface area (Å²) in [6.07, 6.45) is 4.10. The number of anilines is 1. The van der Waals surface area contributed by atoms with Gasteiger partial charge in [0.05, 0.1) is 37.5 Å². The topological polar surface area (TPSA) is 91.5 Å². The van der Waals surface area contributed by atoms with Gasteiger partial charge in [-0.2, -0.15) is 0 Å². The first-order chi connectivity index (χ1) is 14.2.